The molecule has 0 spiro atoms. The summed E-state index contributed by atoms with van der Waals surface area (Å²) in [6, 6.07) is 13.6. The number of hydrogen-bond acceptors (Lipinski definition) is 4. The molecule has 2 aromatic rings. The number of aryl methyl sites for hydroxylation is 2. The van der Waals surface area contributed by atoms with E-state index in [0.29, 0.717) is 12.1 Å². The molecule has 0 fully saturated rings. The van der Waals surface area contributed by atoms with Gasteiger partial charge in [-0.3, -0.25) is 9.87 Å². The third-order valence-corrected chi connectivity index (χ3v) is 4.36. The third kappa shape index (κ3) is 6.50. The standard InChI is InChI=1S/C19H23NO5S/c1-19(2,3)25-18(21)20-16-6-4-5-15(13-16)8-7-14-9-11-17(12-10-14)26(22,23)24/h4-6,9-13H,7-8H2,1-3H3,(H,20,21)(H,22,23,24). The lowest BCUT2D eigenvalue weighted by molar-refractivity contribution is 0.0636. The molecule has 0 atom stereocenters. The van der Waals surface area contributed by atoms with E-state index in [2.05, 4.69) is 5.32 Å². The molecule has 0 radical (unpaired) electrons. The smallest absolute Gasteiger partial charge is 0.412 e. The lowest BCUT2D eigenvalue weighted by atomic mass is 10.0. The number of ether oxygens (including phenoxy) is 1. The van der Waals surface area contributed by atoms with Crippen LogP contribution >= 0.6 is 0 Å². The molecule has 0 unspecified atom stereocenters. The van der Waals surface area contributed by atoms with Gasteiger partial charge in [-0.2, -0.15) is 8.42 Å². The predicted octanol–water partition coefficient (Wildman–Crippen LogP) is 4.07. The lowest BCUT2D eigenvalue weighted by Gasteiger charge is -2.19. The number of carbonyl (C=O) groups excluding carboxylic acids is 1. The maximum atomic E-state index is 11.8. The van der Waals surface area contributed by atoms with Crippen LogP contribution < -0.4 is 5.32 Å². The number of hydrogen-bond donors (Lipinski definition) is 2. The van der Waals surface area contributed by atoms with Crippen molar-refractivity contribution in [3.05, 3.63) is 59.7 Å². The first-order valence-electron chi connectivity index (χ1n) is 8.18. The van der Waals surface area contributed by atoms with E-state index in [9.17, 15) is 13.2 Å². The Balaban J connectivity index is 1.97. The zero-order chi connectivity index (χ0) is 19.4. The summed E-state index contributed by atoms with van der Waals surface area (Å²) >= 11 is 0. The Morgan fingerprint density at radius 1 is 1.04 bits per heavy atom. The van der Waals surface area contributed by atoms with Crippen LogP contribution in [0.4, 0.5) is 10.5 Å². The van der Waals surface area contributed by atoms with Crippen LogP contribution in [0, 0.1) is 0 Å². The number of benzene rings is 2. The number of carbonyl (C=O) groups is 1. The van der Waals surface area contributed by atoms with Gasteiger partial charge in [0.1, 0.15) is 5.60 Å². The van der Waals surface area contributed by atoms with Crippen LogP contribution in [0.5, 0.6) is 0 Å². The summed E-state index contributed by atoms with van der Waals surface area (Å²) in [5, 5.41) is 2.71. The Labute approximate surface area is 153 Å². The Morgan fingerprint density at radius 2 is 1.65 bits per heavy atom. The van der Waals surface area contributed by atoms with Gasteiger partial charge in [0.05, 0.1) is 4.90 Å². The Kier molecular flexibility index (Phi) is 6.05. The van der Waals surface area contributed by atoms with Gasteiger partial charge < -0.3 is 4.74 Å². The van der Waals surface area contributed by atoms with Crippen LogP contribution in [0.15, 0.2) is 53.4 Å². The summed E-state index contributed by atoms with van der Waals surface area (Å²) in [7, 11) is -4.17. The van der Waals surface area contributed by atoms with Gasteiger partial charge in [0, 0.05) is 5.69 Å². The minimum atomic E-state index is -4.17. The topological polar surface area (TPSA) is 92.7 Å². The first-order chi connectivity index (χ1) is 12.0. The predicted molar refractivity (Wildman–Crippen MR) is 100.0 cm³/mol. The molecule has 0 aliphatic carbocycles. The molecule has 0 aliphatic heterocycles. The molecule has 6 nitrogen and oxygen atoms in total. The zero-order valence-electron chi connectivity index (χ0n) is 15.0. The van der Waals surface area contributed by atoms with Crippen LogP contribution in [-0.2, 0) is 27.7 Å². The Bertz CT molecular complexity index is 868. The molecular formula is C19H23NO5S. The first kappa shape index (κ1) is 19.9. The van der Waals surface area contributed by atoms with Crippen molar-refractivity contribution in [2.45, 2.75) is 44.1 Å². The number of amides is 1. The maximum absolute atomic E-state index is 11.8. The molecule has 2 N–H and O–H groups in total. The SMILES string of the molecule is CC(C)(C)OC(=O)Nc1cccc(CCc2ccc(S(=O)(=O)O)cc2)c1. The lowest BCUT2D eigenvalue weighted by Crippen LogP contribution is -2.27. The van der Waals surface area contributed by atoms with E-state index in [1.165, 1.54) is 12.1 Å². The van der Waals surface area contributed by atoms with Crippen molar-refractivity contribution in [3.63, 3.8) is 0 Å². The highest BCUT2D eigenvalue weighted by molar-refractivity contribution is 7.85. The van der Waals surface area contributed by atoms with Crippen molar-refractivity contribution >= 4 is 21.9 Å². The second kappa shape index (κ2) is 7.88. The van der Waals surface area contributed by atoms with Crippen molar-refractivity contribution in [3.8, 4) is 0 Å². The quantitative estimate of drug-likeness (QED) is 0.767. The summed E-state index contributed by atoms with van der Waals surface area (Å²) in [5.41, 5.74) is 2.06. The second-order valence-electron chi connectivity index (χ2n) is 6.95. The highest BCUT2D eigenvalue weighted by Gasteiger charge is 2.16. The second-order valence-corrected chi connectivity index (χ2v) is 8.37. The van der Waals surface area contributed by atoms with E-state index in [-0.39, 0.29) is 4.90 Å². The molecule has 140 valence electrons. The van der Waals surface area contributed by atoms with E-state index in [1.54, 1.807) is 39.0 Å². The highest BCUT2D eigenvalue weighted by atomic mass is 32.2. The van der Waals surface area contributed by atoms with Gasteiger partial charge in [0.2, 0.25) is 0 Å². The van der Waals surface area contributed by atoms with Crippen molar-refractivity contribution in [2.75, 3.05) is 5.32 Å². The van der Waals surface area contributed by atoms with E-state index < -0.39 is 21.8 Å². The summed E-state index contributed by atoms with van der Waals surface area (Å²) in [6.07, 6.45) is 0.909. The molecule has 1 amide bonds. The fourth-order valence-corrected chi connectivity index (χ4v) is 2.82. The van der Waals surface area contributed by atoms with Gasteiger partial charge in [-0.1, -0.05) is 24.3 Å². The Morgan fingerprint density at radius 3 is 2.23 bits per heavy atom. The number of anilines is 1. The van der Waals surface area contributed by atoms with E-state index in [0.717, 1.165) is 17.5 Å². The molecular weight excluding hydrogens is 354 g/mol. The normalized spacial score (nSPS) is 11.8. The zero-order valence-corrected chi connectivity index (χ0v) is 15.8. The summed E-state index contributed by atoms with van der Waals surface area (Å²) in [6.45, 7) is 5.41. The first-order valence-corrected chi connectivity index (χ1v) is 9.62. The molecule has 26 heavy (non-hydrogen) atoms. The molecule has 0 saturated heterocycles. The highest BCUT2D eigenvalue weighted by Crippen LogP contribution is 2.16. The van der Waals surface area contributed by atoms with E-state index >= 15 is 0 Å². The minimum Gasteiger partial charge on any atom is -0.444 e. The average Bonchev–Trinajstić information content (AvgIpc) is 2.51. The van der Waals surface area contributed by atoms with Crippen LogP contribution in [0.2, 0.25) is 0 Å². The van der Waals surface area contributed by atoms with Gasteiger partial charge in [0.15, 0.2) is 0 Å². The van der Waals surface area contributed by atoms with Crippen molar-refractivity contribution in [1.82, 2.24) is 0 Å². The molecule has 0 aromatic heterocycles. The van der Waals surface area contributed by atoms with Crippen LogP contribution in [-0.4, -0.2) is 24.7 Å². The minimum absolute atomic E-state index is 0.121. The van der Waals surface area contributed by atoms with Crippen molar-refractivity contribution in [2.24, 2.45) is 0 Å². The van der Waals surface area contributed by atoms with Gasteiger partial charge in [-0.25, -0.2) is 4.79 Å². The van der Waals surface area contributed by atoms with E-state index in [4.69, 9.17) is 9.29 Å². The number of rotatable bonds is 5. The van der Waals surface area contributed by atoms with E-state index in [1.807, 2.05) is 18.2 Å². The molecule has 0 bridgehead atoms. The number of nitrogens with one attached hydrogen (secondary N) is 1. The molecule has 0 saturated carbocycles. The summed E-state index contributed by atoms with van der Waals surface area (Å²) in [4.78, 5) is 11.7. The largest absolute Gasteiger partial charge is 0.444 e. The van der Waals surface area contributed by atoms with Crippen molar-refractivity contribution < 1.29 is 22.5 Å². The van der Waals surface area contributed by atoms with Gasteiger partial charge >= 0.3 is 6.09 Å². The Hall–Kier alpha value is -2.38. The van der Waals surface area contributed by atoms with Gasteiger partial charge in [-0.15, -0.1) is 0 Å². The average molecular weight is 377 g/mol. The molecule has 0 heterocycles. The van der Waals surface area contributed by atoms with Crippen molar-refractivity contribution in [1.29, 1.82) is 0 Å². The summed E-state index contributed by atoms with van der Waals surface area (Å²) in [5.74, 6) is 0. The maximum Gasteiger partial charge on any atom is 0.412 e. The molecule has 2 rings (SSSR count). The van der Waals surface area contributed by atoms with Gasteiger partial charge in [0.25, 0.3) is 10.1 Å². The van der Waals surface area contributed by atoms with Gasteiger partial charge in [-0.05, 0) is 69.0 Å². The fourth-order valence-electron chi connectivity index (χ4n) is 2.34. The summed E-state index contributed by atoms with van der Waals surface area (Å²) < 4.78 is 36.3. The van der Waals surface area contributed by atoms with Crippen LogP contribution in [0.3, 0.4) is 0 Å². The van der Waals surface area contributed by atoms with Crippen LogP contribution in [0.1, 0.15) is 31.9 Å². The van der Waals surface area contributed by atoms with Crippen LogP contribution in [0.25, 0.3) is 0 Å². The third-order valence-electron chi connectivity index (χ3n) is 3.50. The molecule has 0 aliphatic rings. The molecule has 7 heteroatoms. The fraction of sp³-hybridized carbons (Fsp3) is 0.316. The monoisotopic (exact) mass is 377 g/mol. The molecule has 2 aromatic carbocycles.